The summed E-state index contributed by atoms with van der Waals surface area (Å²) >= 11 is 3.43. The van der Waals surface area contributed by atoms with Crippen molar-refractivity contribution in [3.8, 4) is 0 Å². The molecule has 5 aliphatic rings. The quantitative estimate of drug-likeness (QED) is 0.0961. The maximum absolute atomic E-state index is 12.2. The third-order valence-corrected chi connectivity index (χ3v) is 18.3. The summed E-state index contributed by atoms with van der Waals surface area (Å²) in [7, 11) is 0.686. The van der Waals surface area contributed by atoms with Crippen LogP contribution in [0.3, 0.4) is 0 Å². The largest absolute Gasteiger partial charge is 0.490 e. The molecule has 3 saturated heterocycles. The second kappa shape index (κ2) is 40.2. The second-order valence-corrected chi connectivity index (χ2v) is 29.7. The molecule has 0 bridgehead atoms. The number of ether oxygens (including phenoxy) is 3. The summed E-state index contributed by atoms with van der Waals surface area (Å²) in [6, 6.07) is 33.3. The Labute approximate surface area is 632 Å². The number of aromatic nitrogens is 4. The zero-order chi connectivity index (χ0) is 72.8. The van der Waals surface area contributed by atoms with Crippen LogP contribution in [0, 0.1) is 7.43 Å². The molecule has 0 atom stereocenters. The van der Waals surface area contributed by atoms with Crippen molar-refractivity contribution in [2.75, 3.05) is 59.5 Å². The molecule has 0 aliphatic carbocycles. The van der Waals surface area contributed by atoms with E-state index >= 15 is 0 Å². The van der Waals surface area contributed by atoms with Crippen molar-refractivity contribution in [3.63, 3.8) is 0 Å². The van der Waals surface area contributed by atoms with E-state index in [0.29, 0.717) is 44.9 Å². The van der Waals surface area contributed by atoms with Crippen LogP contribution < -0.4 is 5.32 Å². The molecule has 13 rings (SSSR count). The summed E-state index contributed by atoms with van der Waals surface area (Å²) in [5, 5.41) is 20.2. The Morgan fingerprint density at radius 3 is 1.31 bits per heavy atom. The number of hydrogen-bond acceptors (Lipinski definition) is 14. The predicted octanol–water partition coefficient (Wildman–Crippen LogP) is 19.2. The first-order valence-electron chi connectivity index (χ1n) is 35.3. The number of nitrogens with one attached hydrogen (secondary N) is 1. The van der Waals surface area contributed by atoms with Crippen molar-refractivity contribution in [2.45, 2.75) is 190 Å². The van der Waals surface area contributed by atoms with Gasteiger partial charge >= 0.3 is 25.4 Å². The molecule has 17 nitrogen and oxygen atoms in total. The molecule has 3 amide bonds. The van der Waals surface area contributed by atoms with Crippen molar-refractivity contribution >= 4 is 90.0 Å². The first-order valence-corrected chi connectivity index (χ1v) is 35.4. The van der Waals surface area contributed by atoms with Crippen LogP contribution in [0.25, 0.3) is 48.7 Å². The van der Waals surface area contributed by atoms with Crippen molar-refractivity contribution in [1.82, 2.24) is 40.0 Å². The summed E-state index contributed by atoms with van der Waals surface area (Å²) in [5.74, 6) is 1.13. The van der Waals surface area contributed by atoms with Crippen LogP contribution in [0.5, 0.6) is 0 Å². The molecule has 4 aromatic heterocycles. The van der Waals surface area contributed by atoms with E-state index in [1.54, 1.807) is 16.7 Å². The van der Waals surface area contributed by atoms with E-state index in [-0.39, 0.29) is 71.9 Å². The van der Waals surface area contributed by atoms with Crippen molar-refractivity contribution in [2.24, 2.45) is 0 Å². The minimum atomic E-state index is -0.465. The third-order valence-electron chi connectivity index (χ3n) is 17.7. The SMILES string of the molecule is Brc1cncc2ccccc12.C.CC(C)(C)OC(=O)N1CC=C(B2OC(C)(C)C(C)(C)O2)CC1.CC(C)(C)OC(=O)N1CC=C(c2cncc3ccccc23)CC1.CC(C)(C)OC(=O)N1CCC(c2cncc3ccccc23)CC1.CO.[2H]CC.[CH3-].[Pd].c1ccc2c(C3CCNCC3)cncc2c1. The van der Waals surface area contributed by atoms with Crippen LogP contribution in [-0.4, -0.2) is 153 Å². The van der Waals surface area contributed by atoms with Gasteiger partial charge in [-0.25, -0.2) is 14.4 Å². The fourth-order valence-electron chi connectivity index (χ4n) is 12.0. The predicted molar refractivity (Wildman–Crippen MR) is 419 cm³/mol. The first kappa shape index (κ1) is 85.5. The molecular weight excluding hydrogens is 1440 g/mol. The Balaban J connectivity index is 0.000000271. The van der Waals surface area contributed by atoms with Gasteiger partial charge in [0.05, 0.1) is 11.2 Å². The van der Waals surface area contributed by atoms with Crippen LogP contribution in [0.2, 0.25) is 0 Å². The molecule has 8 aromatic rings. The number of amides is 3. The third kappa shape index (κ3) is 25.0. The summed E-state index contributed by atoms with van der Waals surface area (Å²) in [4.78, 5) is 58.8. The number of carbonyl (C=O) groups is 3. The standard InChI is InChI=1S/C19H24N2O2.C19H22N2O2.C16H28BNO4.C14H16N2.C9H6BrN.C2H6.CH4O.CH4.CH3.Pd/c2*1-19(2,3)23-18(22)21-10-8-14(9-11-21)17-13-20-12-15-6-4-5-7-16(15)17;1-14(2,3)20-13(19)18-10-8-12(9-11-18)17-21-15(4,5)16(6,7)22-17;1-2-4-13-12(3-1)9-16-10-14(13)11-5-7-15-8-6-11;10-9-6-11-5-7-3-1-2-4-8(7)9;2*1-2;;;/h4-7,12-14H,8-11H2,1-3H3;4-8,12-13H,9-11H2,1-3H3;8H,9-11H2,1-7H3;1-4,9-11,15H,5-8H2;1-6H;1-2H3;2H,1H3;1H4;1H3;/q;;;;;;;;-1;/i;;;;;1D;;;;. The van der Waals surface area contributed by atoms with Gasteiger partial charge in [0.15, 0.2) is 0 Å². The van der Waals surface area contributed by atoms with Gasteiger partial charge in [-0.3, -0.25) is 19.9 Å². The summed E-state index contributed by atoms with van der Waals surface area (Å²) < 4.78 is 35.7. The molecule has 556 valence electrons. The number of carbonyl (C=O) groups excluding carboxylic acids is 3. The Hall–Kier alpha value is -7.14. The van der Waals surface area contributed by atoms with Crippen molar-refractivity contribution < 1.29 is 64.8 Å². The number of piperidine rings is 2. The van der Waals surface area contributed by atoms with Crippen LogP contribution in [0.15, 0.2) is 169 Å². The van der Waals surface area contributed by atoms with E-state index in [1.165, 1.54) is 67.2 Å². The molecule has 102 heavy (non-hydrogen) atoms. The number of likely N-dealkylation sites (tertiary alicyclic amines) is 1. The fraction of sp³-hybridized carbons (Fsp3) is 0.463. The fourth-order valence-corrected chi connectivity index (χ4v) is 12.5. The monoisotopic (exact) mass is 1550 g/mol. The van der Waals surface area contributed by atoms with Gasteiger partial charge in [0, 0.05) is 149 Å². The Bertz CT molecular complexity index is 4000. The number of rotatable bonds is 4. The van der Waals surface area contributed by atoms with E-state index in [0.717, 1.165) is 79.9 Å². The number of benzene rings is 4. The van der Waals surface area contributed by atoms with Crippen LogP contribution in [-0.2, 0) is 43.9 Å². The molecule has 0 saturated carbocycles. The van der Waals surface area contributed by atoms with Gasteiger partial charge in [0.25, 0.3) is 0 Å². The minimum Gasteiger partial charge on any atom is -0.444 e. The van der Waals surface area contributed by atoms with Gasteiger partial charge in [-0.1, -0.05) is 130 Å². The number of halogens is 1. The zero-order valence-electron chi connectivity index (χ0n) is 63.4. The molecule has 20 heteroatoms. The number of aliphatic hydroxyl groups excluding tert-OH is 1. The van der Waals surface area contributed by atoms with E-state index in [1.807, 2.05) is 181 Å². The first-order chi connectivity index (χ1) is 47.5. The average Bonchev–Trinajstić information content (AvgIpc) is 1.70. The normalized spacial score (nSPS) is 16.6. The molecule has 9 heterocycles. The average molecular weight is 1550 g/mol. The van der Waals surface area contributed by atoms with Gasteiger partial charge < -0.3 is 56.1 Å². The molecule has 0 radical (unpaired) electrons. The Morgan fingerprint density at radius 1 is 0.539 bits per heavy atom. The zero-order valence-corrected chi connectivity index (χ0v) is 65.5. The van der Waals surface area contributed by atoms with Crippen molar-refractivity contribution in [3.05, 3.63) is 193 Å². The number of hydrogen-bond donors (Lipinski definition) is 2. The molecule has 2 N–H and O–H groups in total. The van der Waals surface area contributed by atoms with Crippen molar-refractivity contribution in [1.29, 1.82) is 0 Å². The van der Waals surface area contributed by atoms with E-state index in [4.69, 9.17) is 30.0 Å². The van der Waals surface area contributed by atoms with Gasteiger partial charge in [0.1, 0.15) is 16.8 Å². The van der Waals surface area contributed by atoms with E-state index in [9.17, 15) is 14.4 Å². The number of pyridine rings is 4. The number of nitrogens with zero attached hydrogens (tertiary/aromatic N) is 7. The number of fused-ring (bicyclic) bond motifs is 4. The van der Waals surface area contributed by atoms with Crippen LogP contribution >= 0.6 is 15.9 Å². The maximum Gasteiger partial charge on any atom is 0.490 e. The molecule has 3 fully saturated rings. The maximum atomic E-state index is 12.2. The van der Waals surface area contributed by atoms with E-state index in [2.05, 4.69) is 114 Å². The topological polar surface area (TPSA) is 191 Å². The molecule has 5 aliphatic heterocycles. The Morgan fingerprint density at radius 2 is 0.902 bits per heavy atom. The number of aliphatic hydroxyl groups is 1. The van der Waals surface area contributed by atoms with Gasteiger partial charge in [0.2, 0.25) is 0 Å². The van der Waals surface area contributed by atoms with E-state index < -0.39 is 16.8 Å². The molecule has 0 spiro atoms. The van der Waals surface area contributed by atoms with Gasteiger partial charge in [-0.05, 0) is 213 Å². The van der Waals surface area contributed by atoms with Crippen LogP contribution in [0.4, 0.5) is 14.4 Å². The van der Waals surface area contributed by atoms with Gasteiger partial charge in [-0.2, -0.15) is 0 Å². The summed E-state index contributed by atoms with van der Waals surface area (Å²) in [5.41, 5.74) is 4.22. The minimum absolute atomic E-state index is 0. The second-order valence-electron chi connectivity index (χ2n) is 28.9. The molecule has 0 unspecified atom stereocenters. The summed E-state index contributed by atoms with van der Waals surface area (Å²) in [6.45, 7) is 33.6. The molecular formula is C82H113BBrN8O9Pd-. The van der Waals surface area contributed by atoms with Gasteiger partial charge in [-0.15, -0.1) is 0 Å². The smallest absolute Gasteiger partial charge is 0.444 e. The molecule has 4 aromatic carbocycles. The van der Waals surface area contributed by atoms with Crippen LogP contribution in [0.1, 0.15) is 180 Å². The summed E-state index contributed by atoms with van der Waals surface area (Å²) in [6.07, 6.45) is 24.7. The Kier molecular flexibility index (Phi) is 33.7.